The molecular formula is C26H20ClF5N6O3S. The van der Waals surface area contributed by atoms with Crippen molar-refractivity contribution in [3.8, 4) is 5.69 Å². The second-order valence-corrected chi connectivity index (χ2v) is 11.7. The van der Waals surface area contributed by atoms with Crippen LogP contribution in [-0.4, -0.2) is 34.0 Å². The molecule has 16 heteroatoms. The molecule has 0 bridgehead atoms. The van der Waals surface area contributed by atoms with Crippen molar-refractivity contribution in [1.82, 2.24) is 19.3 Å². The third-order valence-electron chi connectivity index (χ3n) is 6.38. The van der Waals surface area contributed by atoms with Crippen molar-refractivity contribution in [2.75, 3.05) is 11.0 Å². The van der Waals surface area contributed by atoms with Gasteiger partial charge >= 0.3 is 6.18 Å². The number of halogens is 6. The van der Waals surface area contributed by atoms with Crippen molar-refractivity contribution < 1.29 is 30.4 Å². The number of sulfonamides is 1. The Hall–Kier alpha value is -4.08. The van der Waals surface area contributed by atoms with E-state index in [4.69, 9.17) is 17.3 Å². The standard InChI is InChI=1S/C26H20ClF5N6O3S/c1-37-22-19(7-6-16(27)21(22)23(35-37)36-42(2,40)41)38-24(17(33)10-12-8-13(28)11-14(29)9-12)34-18-5-3-4-15(26(30,31)32)20(18)25(38)39/h3-9,11,17H,10,33H2,1-2H3,(H,35,36)/t17-/m0/s1. The van der Waals surface area contributed by atoms with Crippen LogP contribution in [0.25, 0.3) is 27.5 Å². The highest BCUT2D eigenvalue weighted by molar-refractivity contribution is 7.92. The molecule has 5 rings (SSSR count). The first kappa shape index (κ1) is 29.4. The number of benzene rings is 3. The largest absolute Gasteiger partial charge is 0.417 e. The maximum absolute atomic E-state index is 14.0. The van der Waals surface area contributed by atoms with Gasteiger partial charge in [-0.2, -0.15) is 18.3 Å². The molecular weight excluding hydrogens is 607 g/mol. The zero-order valence-corrected chi connectivity index (χ0v) is 23.2. The molecule has 0 spiro atoms. The van der Waals surface area contributed by atoms with Gasteiger partial charge in [0.15, 0.2) is 5.82 Å². The predicted octanol–water partition coefficient (Wildman–Crippen LogP) is 4.84. The molecule has 5 aromatic rings. The number of fused-ring (bicyclic) bond motifs is 2. The lowest BCUT2D eigenvalue weighted by Gasteiger charge is -2.21. The Morgan fingerprint density at radius 2 is 1.74 bits per heavy atom. The van der Waals surface area contributed by atoms with Gasteiger partial charge in [-0.05, 0) is 48.4 Å². The monoisotopic (exact) mass is 626 g/mol. The van der Waals surface area contributed by atoms with E-state index < -0.39 is 50.4 Å². The van der Waals surface area contributed by atoms with Crippen molar-refractivity contribution in [3.63, 3.8) is 0 Å². The fourth-order valence-corrected chi connectivity index (χ4v) is 5.56. The summed E-state index contributed by atoms with van der Waals surface area (Å²) in [5, 5.41) is 3.46. The minimum atomic E-state index is -4.92. The van der Waals surface area contributed by atoms with Gasteiger partial charge in [-0.1, -0.05) is 17.7 Å². The van der Waals surface area contributed by atoms with E-state index in [-0.39, 0.29) is 50.8 Å². The Morgan fingerprint density at radius 3 is 2.36 bits per heavy atom. The van der Waals surface area contributed by atoms with Crippen molar-refractivity contribution >= 4 is 49.2 Å². The molecule has 0 saturated carbocycles. The van der Waals surface area contributed by atoms with Gasteiger partial charge in [-0.15, -0.1) is 0 Å². The molecule has 0 aliphatic carbocycles. The predicted molar refractivity (Wildman–Crippen MR) is 147 cm³/mol. The van der Waals surface area contributed by atoms with Gasteiger partial charge in [0.25, 0.3) is 5.56 Å². The topological polar surface area (TPSA) is 125 Å². The van der Waals surface area contributed by atoms with Crippen LogP contribution in [0.5, 0.6) is 0 Å². The fourth-order valence-electron chi connectivity index (χ4n) is 4.82. The van der Waals surface area contributed by atoms with E-state index in [1.165, 1.54) is 29.9 Å². The molecule has 0 aliphatic heterocycles. The number of nitrogens with zero attached hydrogens (tertiary/aromatic N) is 4. The quantitative estimate of drug-likeness (QED) is 0.260. The zero-order valence-electron chi connectivity index (χ0n) is 21.7. The third-order valence-corrected chi connectivity index (χ3v) is 7.26. The molecule has 0 amide bonds. The SMILES string of the molecule is Cn1nc(NS(C)(=O)=O)c2c(Cl)ccc(-n3c([C@@H](N)Cc4cc(F)cc(F)c4)nc4cccc(C(F)(F)F)c4c3=O)c21. The van der Waals surface area contributed by atoms with E-state index in [1.54, 1.807) is 0 Å². The van der Waals surface area contributed by atoms with Gasteiger partial charge in [-0.3, -0.25) is 18.8 Å². The van der Waals surface area contributed by atoms with Crippen LogP contribution in [-0.2, 0) is 29.7 Å². The van der Waals surface area contributed by atoms with E-state index in [2.05, 4.69) is 14.8 Å². The lowest BCUT2D eigenvalue weighted by molar-refractivity contribution is -0.136. The van der Waals surface area contributed by atoms with Gasteiger partial charge in [0, 0.05) is 13.1 Å². The van der Waals surface area contributed by atoms with Gasteiger partial charge in [0.1, 0.15) is 17.5 Å². The van der Waals surface area contributed by atoms with Crippen molar-refractivity contribution in [2.24, 2.45) is 12.8 Å². The summed E-state index contributed by atoms with van der Waals surface area (Å²) in [6.07, 6.45) is -4.29. The zero-order chi connectivity index (χ0) is 30.7. The molecule has 2 heterocycles. The van der Waals surface area contributed by atoms with Crippen LogP contribution in [0.3, 0.4) is 0 Å². The summed E-state index contributed by atoms with van der Waals surface area (Å²) in [6.45, 7) is 0. The average Bonchev–Trinajstić information content (AvgIpc) is 3.18. The molecule has 3 N–H and O–H groups in total. The Bertz CT molecular complexity index is 2040. The normalized spacial score (nSPS) is 13.2. The van der Waals surface area contributed by atoms with Crippen molar-refractivity contribution in [1.29, 1.82) is 0 Å². The van der Waals surface area contributed by atoms with Crippen molar-refractivity contribution in [2.45, 2.75) is 18.6 Å². The molecule has 3 aromatic carbocycles. The summed E-state index contributed by atoms with van der Waals surface area (Å²) in [7, 11) is -2.44. The number of aromatic nitrogens is 4. The number of nitrogens with one attached hydrogen (secondary N) is 1. The van der Waals surface area contributed by atoms with E-state index in [1.807, 2.05) is 0 Å². The van der Waals surface area contributed by atoms with Crippen molar-refractivity contribution in [3.05, 3.63) is 92.5 Å². The molecule has 220 valence electrons. The summed E-state index contributed by atoms with van der Waals surface area (Å²) >= 11 is 6.39. The van der Waals surface area contributed by atoms with Crippen LogP contribution in [0.1, 0.15) is 23.0 Å². The van der Waals surface area contributed by atoms with Crippen LogP contribution < -0.4 is 16.0 Å². The summed E-state index contributed by atoms with van der Waals surface area (Å²) in [5.74, 6) is -2.19. The van der Waals surface area contributed by atoms with E-state index in [0.717, 1.165) is 35.1 Å². The molecule has 42 heavy (non-hydrogen) atoms. The number of rotatable bonds is 6. The van der Waals surface area contributed by atoms with Crippen LogP contribution in [0.15, 0.2) is 53.3 Å². The van der Waals surface area contributed by atoms with E-state index in [0.29, 0.717) is 6.07 Å². The summed E-state index contributed by atoms with van der Waals surface area (Å²) in [5.41, 5.74) is 3.82. The highest BCUT2D eigenvalue weighted by Gasteiger charge is 2.35. The second-order valence-electron chi connectivity index (χ2n) is 9.53. The van der Waals surface area contributed by atoms with Crippen LogP contribution >= 0.6 is 11.6 Å². The molecule has 0 aliphatic rings. The van der Waals surface area contributed by atoms with E-state index >= 15 is 0 Å². The van der Waals surface area contributed by atoms with Gasteiger partial charge in [-0.25, -0.2) is 22.2 Å². The number of alkyl halides is 3. The molecule has 2 aromatic heterocycles. The van der Waals surface area contributed by atoms with Gasteiger partial charge < -0.3 is 5.73 Å². The highest BCUT2D eigenvalue weighted by Crippen LogP contribution is 2.37. The fraction of sp³-hybridized carbons (Fsp3) is 0.192. The summed E-state index contributed by atoms with van der Waals surface area (Å²) in [6, 6.07) is 7.11. The maximum atomic E-state index is 14.0. The first-order valence-corrected chi connectivity index (χ1v) is 14.3. The van der Waals surface area contributed by atoms with Crippen LogP contribution in [0.2, 0.25) is 5.02 Å². The van der Waals surface area contributed by atoms with Crippen LogP contribution in [0.4, 0.5) is 27.8 Å². The Balaban J connectivity index is 1.87. The smallest absolute Gasteiger partial charge is 0.321 e. The lowest BCUT2D eigenvalue weighted by atomic mass is 10.0. The number of hydrogen-bond acceptors (Lipinski definition) is 6. The molecule has 1 atom stereocenters. The Kier molecular flexibility index (Phi) is 7.23. The molecule has 0 fully saturated rings. The number of aryl methyl sites for hydroxylation is 1. The lowest BCUT2D eigenvalue weighted by Crippen LogP contribution is -2.31. The second kappa shape index (κ2) is 10.3. The highest BCUT2D eigenvalue weighted by atomic mass is 35.5. The summed E-state index contributed by atoms with van der Waals surface area (Å²) < 4.78 is 98.1. The molecule has 0 saturated heterocycles. The average molecular weight is 627 g/mol. The number of hydrogen-bond donors (Lipinski definition) is 2. The van der Waals surface area contributed by atoms with E-state index in [9.17, 15) is 35.2 Å². The Labute approximate surface area is 239 Å². The maximum Gasteiger partial charge on any atom is 0.417 e. The molecule has 0 radical (unpaired) electrons. The van der Waals surface area contributed by atoms with Crippen LogP contribution in [0, 0.1) is 11.6 Å². The Morgan fingerprint density at radius 1 is 1.07 bits per heavy atom. The van der Waals surface area contributed by atoms with Gasteiger partial charge in [0.2, 0.25) is 10.0 Å². The summed E-state index contributed by atoms with van der Waals surface area (Å²) in [4.78, 5) is 18.4. The number of nitrogens with two attached hydrogens (primary N) is 1. The van der Waals surface area contributed by atoms with Gasteiger partial charge in [0.05, 0.1) is 50.4 Å². The number of anilines is 1. The first-order valence-electron chi connectivity index (χ1n) is 12.0. The first-order chi connectivity index (χ1) is 19.5. The molecule has 0 unspecified atom stereocenters. The minimum Gasteiger partial charge on any atom is -0.321 e. The molecule has 9 nitrogen and oxygen atoms in total. The minimum absolute atomic E-state index is 0.0202. The third kappa shape index (κ3) is 5.42.